The summed E-state index contributed by atoms with van der Waals surface area (Å²) in [5.74, 6) is -0.510. The summed E-state index contributed by atoms with van der Waals surface area (Å²) in [5, 5.41) is 8.37. The third-order valence-electron chi connectivity index (χ3n) is 9.98. The Morgan fingerprint density at radius 1 is 0.898 bits per heavy atom. The number of urea groups is 1. The number of rotatable bonds is 11. The molecule has 258 valence electrons. The Bertz CT molecular complexity index is 1770. The molecule has 0 saturated carbocycles. The summed E-state index contributed by atoms with van der Waals surface area (Å²) in [4.78, 5) is 44.9. The van der Waals surface area contributed by atoms with Gasteiger partial charge in [-0.05, 0) is 58.9 Å². The van der Waals surface area contributed by atoms with E-state index in [1.165, 1.54) is 0 Å². The number of benzene rings is 4. The third kappa shape index (κ3) is 8.96. The van der Waals surface area contributed by atoms with Crippen molar-refractivity contribution < 1.29 is 18.8 Å². The van der Waals surface area contributed by atoms with Gasteiger partial charge in [0.1, 0.15) is 12.1 Å². The van der Waals surface area contributed by atoms with Crippen LogP contribution in [0.3, 0.4) is 0 Å². The van der Waals surface area contributed by atoms with Crippen molar-refractivity contribution in [3.63, 3.8) is 0 Å². The molecule has 1 fully saturated rings. The van der Waals surface area contributed by atoms with Gasteiger partial charge >= 0.3 is 6.03 Å². The summed E-state index contributed by atoms with van der Waals surface area (Å²) in [6.07, 6.45) is 1.54. The van der Waals surface area contributed by atoms with Crippen LogP contribution in [-0.4, -0.2) is 61.6 Å². The number of carbonyl (C=O) groups excluding carboxylic acids is 3. The van der Waals surface area contributed by atoms with Crippen molar-refractivity contribution in [2.75, 3.05) is 18.9 Å². The number of anilines is 1. The summed E-state index contributed by atoms with van der Waals surface area (Å²) in [6.45, 7) is 12.3. The number of carbonyl (C=O) groups is 3. The van der Waals surface area contributed by atoms with Crippen LogP contribution in [0.5, 0.6) is 0 Å². The molecular formula is C40H50N4O4Si. The molecule has 1 aliphatic rings. The Balaban J connectivity index is 1.31. The van der Waals surface area contributed by atoms with Crippen molar-refractivity contribution in [3.05, 3.63) is 114 Å². The van der Waals surface area contributed by atoms with E-state index in [-0.39, 0.29) is 22.9 Å². The van der Waals surface area contributed by atoms with E-state index in [1.54, 1.807) is 16.8 Å². The van der Waals surface area contributed by atoms with Gasteiger partial charge in [-0.1, -0.05) is 112 Å². The zero-order chi connectivity index (χ0) is 35.2. The van der Waals surface area contributed by atoms with Crippen molar-refractivity contribution in [1.82, 2.24) is 15.1 Å². The first-order chi connectivity index (χ1) is 23.3. The molecule has 2 N–H and O–H groups in total. The molecule has 1 aliphatic heterocycles. The quantitative estimate of drug-likeness (QED) is 0.159. The Morgan fingerprint density at radius 3 is 2.31 bits per heavy atom. The molecule has 0 radical (unpaired) electrons. The summed E-state index contributed by atoms with van der Waals surface area (Å²) in [6, 6.07) is 29.8. The molecule has 0 aromatic heterocycles. The van der Waals surface area contributed by atoms with Crippen LogP contribution in [0, 0.1) is 0 Å². The van der Waals surface area contributed by atoms with Gasteiger partial charge in [0.05, 0.1) is 6.61 Å². The van der Waals surface area contributed by atoms with Gasteiger partial charge in [0, 0.05) is 37.8 Å². The summed E-state index contributed by atoms with van der Waals surface area (Å²) in [5.41, 5.74) is 3.51. The Kier molecular flexibility index (Phi) is 11.2. The van der Waals surface area contributed by atoms with Crippen molar-refractivity contribution in [2.24, 2.45) is 0 Å². The van der Waals surface area contributed by atoms with Crippen molar-refractivity contribution in [3.8, 4) is 0 Å². The number of hydrogen-bond donors (Lipinski definition) is 2. The molecule has 49 heavy (non-hydrogen) atoms. The smallest absolute Gasteiger partial charge is 0.322 e. The third-order valence-corrected chi connectivity index (χ3v) is 14.5. The van der Waals surface area contributed by atoms with Crippen LogP contribution >= 0.6 is 0 Å². The fraction of sp³-hybridized carbons (Fsp3) is 0.375. The first-order valence-corrected chi connectivity index (χ1v) is 20.1. The van der Waals surface area contributed by atoms with Gasteiger partial charge < -0.3 is 24.9 Å². The highest BCUT2D eigenvalue weighted by Crippen LogP contribution is 2.37. The summed E-state index contributed by atoms with van der Waals surface area (Å²) in [7, 11) is -0.246. The van der Waals surface area contributed by atoms with E-state index in [2.05, 4.69) is 56.6 Å². The first kappa shape index (κ1) is 35.8. The maximum absolute atomic E-state index is 14.0. The number of para-hydroxylation sites is 1. The lowest BCUT2D eigenvalue weighted by Crippen LogP contribution is -2.54. The molecule has 5 rings (SSSR count). The number of nitrogens with zero attached hydrogens (tertiary/aromatic N) is 2. The van der Waals surface area contributed by atoms with E-state index in [0.717, 1.165) is 27.5 Å². The molecule has 0 bridgehead atoms. The second-order valence-electron chi connectivity index (χ2n) is 14.6. The van der Waals surface area contributed by atoms with Crippen molar-refractivity contribution in [1.29, 1.82) is 0 Å². The molecule has 0 aliphatic carbocycles. The van der Waals surface area contributed by atoms with Crippen LogP contribution in [0.1, 0.15) is 50.3 Å². The minimum atomic E-state index is -2.01. The average Bonchev–Trinajstić information content (AvgIpc) is 3.58. The first-order valence-electron chi connectivity index (χ1n) is 17.2. The van der Waals surface area contributed by atoms with Crippen molar-refractivity contribution in [2.45, 2.75) is 83.4 Å². The zero-order valence-electron chi connectivity index (χ0n) is 29.7. The predicted octanol–water partition coefficient (Wildman–Crippen LogP) is 7.74. The molecule has 4 amide bonds. The molecule has 0 unspecified atom stereocenters. The maximum atomic E-state index is 14.0. The zero-order valence-corrected chi connectivity index (χ0v) is 30.7. The number of amides is 4. The van der Waals surface area contributed by atoms with E-state index in [0.29, 0.717) is 44.6 Å². The van der Waals surface area contributed by atoms with Gasteiger partial charge in [-0.2, -0.15) is 0 Å². The highest BCUT2D eigenvalue weighted by atomic mass is 28.4. The largest absolute Gasteiger partial charge is 0.412 e. The highest BCUT2D eigenvalue weighted by molar-refractivity contribution is 6.74. The predicted molar refractivity (Wildman–Crippen MR) is 200 cm³/mol. The van der Waals surface area contributed by atoms with Gasteiger partial charge in [0.15, 0.2) is 8.32 Å². The Labute approximate surface area is 292 Å². The fourth-order valence-electron chi connectivity index (χ4n) is 5.98. The Hall–Kier alpha value is -4.47. The monoisotopic (exact) mass is 678 g/mol. The summed E-state index contributed by atoms with van der Waals surface area (Å²) >= 11 is 0. The lowest BCUT2D eigenvalue weighted by molar-refractivity contribution is -0.136. The number of likely N-dealkylation sites (N-methyl/N-ethyl adjacent to an activating group) is 1. The van der Waals surface area contributed by atoms with E-state index < -0.39 is 20.4 Å². The van der Waals surface area contributed by atoms with Crippen LogP contribution in [0.4, 0.5) is 10.5 Å². The molecule has 2 atom stereocenters. The molecule has 0 spiro atoms. The maximum Gasteiger partial charge on any atom is 0.322 e. The van der Waals surface area contributed by atoms with Gasteiger partial charge in [-0.15, -0.1) is 0 Å². The average molecular weight is 679 g/mol. The summed E-state index contributed by atoms with van der Waals surface area (Å²) < 4.78 is 6.46. The molecule has 4 aromatic carbocycles. The second kappa shape index (κ2) is 15.4. The SMILES string of the molecule is CN(Cc1ccccc1)C(=O)[C@H](Cc1ccc2ccccc2c1)NC(=O)[C@@H]1CCCN1C(=O)Nc1ccccc1CO[Si](C)(C)C(C)(C)C. The molecular weight excluding hydrogens is 629 g/mol. The van der Waals surface area contributed by atoms with E-state index in [1.807, 2.05) is 84.9 Å². The lowest BCUT2D eigenvalue weighted by Gasteiger charge is -2.36. The molecule has 1 heterocycles. The van der Waals surface area contributed by atoms with Crippen LogP contribution in [-0.2, 0) is 33.6 Å². The lowest BCUT2D eigenvalue weighted by atomic mass is 10.00. The number of likely N-dealkylation sites (tertiary alicyclic amines) is 1. The number of fused-ring (bicyclic) bond motifs is 1. The van der Waals surface area contributed by atoms with Crippen LogP contribution < -0.4 is 10.6 Å². The van der Waals surface area contributed by atoms with E-state index in [9.17, 15) is 14.4 Å². The minimum absolute atomic E-state index is 0.0607. The standard InChI is InChI=1S/C40H50N4O4Si/c1-40(2,3)49(5,6)48-28-33-19-12-13-20-34(33)42-39(47)44-24-14-21-36(44)37(45)41-35(38(46)43(4)27-29-15-8-7-9-16-29)26-30-22-23-31-17-10-11-18-32(31)25-30/h7-13,15-20,22-23,25,35-36H,14,21,24,26-28H2,1-6H3,(H,41,45)(H,42,47)/t35-,36-/m0/s1. The molecule has 4 aromatic rings. The van der Waals surface area contributed by atoms with Crippen LogP contribution in [0.25, 0.3) is 10.8 Å². The van der Waals surface area contributed by atoms with Crippen molar-refractivity contribution >= 4 is 42.6 Å². The second-order valence-corrected chi connectivity index (χ2v) is 19.4. The minimum Gasteiger partial charge on any atom is -0.412 e. The molecule has 9 heteroatoms. The normalized spacial score (nSPS) is 15.6. The molecule has 8 nitrogen and oxygen atoms in total. The van der Waals surface area contributed by atoms with Crippen LogP contribution in [0.2, 0.25) is 18.1 Å². The number of hydrogen-bond acceptors (Lipinski definition) is 4. The van der Waals surface area contributed by atoms with E-state index >= 15 is 0 Å². The number of nitrogens with one attached hydrogen (secondary N) is 2. The van der Waals surface area contributed by atoms with Gasteiger partial charge in [0.2, 0.25) is 11.8 Å². The molecule has 1 saturated heterocycles. The van der Waals surface area contributed by atoms with Gasteiger partial charge in [0.25, 0.3) is 0 Å². The topological polar surface area (TPSA) is 91.0 Å². The highest BCUT2D eigenvalue weighted by Gasteiger charge is 2.38. The van der Waals surface area contributed by atoms with Gasteiger partial charge in [-0.25, -0.2) is 4.79 Å². The fourth-order valence-corrected chi connectivity index (χ4v) is 6.93. The van der Waals surface area contributed by atoms with Crippen LogP contribution in [0.15, 0.2) is 97.1 Å². The van der Waals surface area contributed by atoms with Gasteiger partial charge in [-0.3, -0.25) is 9.59 Å². The van der Waals surface area contributed by atoms with E-state index in [4.69, 9.17) is 4.43 Å². The Morgan fingerprint density at radius 2 is 1.57 bits per heavy atom.